The van der Waals surface area contributed by atoms with Crippen LogP contribution in [0.5, 0.6) is 0 Å². The van der Waals surface area contributed by atoms with Crippen LogP contribution in [0.15, 0.2) is 144 Å². The molecule has 49 heavy (non-hydrogen) atoms. The fraction of sp³-hybridized carbons (Fsp3) is 0.133. The van der Waals surface area contributed by atoms with Gasteiger partial charge in [-0.2, -0.15) is 0 Å². The number of furan rings is 1. The predicted molar refractivity (Wildman–Crippen MR) is 198 cm³/mol. The van der Waals surface area contributed by atoms with Gasteiger partial charge in [-0.3, -0.25) is 0 Å². The fourth-order valence-corrected chi connectivity index (χ4v) is 8.53. The first-order valence-electron chi connectivity index (χ1n) is 17.3. The van der Waals surface area contributed by atoms with Gasteiger partial charge in [-0.05, 0) is 64.4 Å². The number of para-hydroxylation sites is 2. The lowest BCUT2D eigenvalue weighted by Crippen LogP contribution is -2.27. The third-order valence-electron chi connectivity index (χ3n) is 10.7. The van der Waals surface area contributed by atoms with Crippen molar-refractivity contribution in [2.75, 3.05) is 0 Å². The van der Waals surface area contributed by atoms with Crippen molar-refractivity contribution in [1.82, 2.24) is 15.0 Å². The van der Waals surface area contributed by atoms with Crippen molar-refractivity contribution >= 4 is 21.9 Å². The lowest BCUT2D eigenvalue weighted by Gasteiger charge is -2.36. The standard InChI is InChI=1S/C45H33N3O/c1-3-14-29(15-4-1)42-46-43(48-44(47-42)36-22-12-21-34-33-18-6-8-25-39(33)49-41(34)36)31-17-11-16-30(28-31)32-20-13-24-38-40(32)35-19-5-7-23-37(35)45(38)26-9-2-10-27-45/h1,3-8,11-25,28H,2,9-10,26-27H2. The van der Waals surface area contributed by atoms with Gasteiger partial charge in [0.15, 0.2) is 17.5 Å². The minimum atomic E-state index is 0.114. The normalized spacial score (nSPS) is 14.7. The van der Waals surface area contributed by atoms with E-state index in [1.807, 2.05) is 54.6 Å². The lowest BCUT2D eigenvalue weighted by atomic mass is 9.68. The molecule has 1 spiro atoms. The number of aromatic nitrogens is 3. The van der Waals surface area contributed by atoms with Crippen molar-refractivity contribution < 1.29 is 4.42 Å². The molecule has 0 aliphatic heterocycles. The summed E-state index contributed by atoms with van der Waals surface area (Å²) in [5.41, 5.74) is 12.7. The third-order valence-corrected chi connectivity index (χ3v) is 10.7. The van der Waals surface area contributed by atoms with Crippen molar-refractivity contribution in [2.24, 2.45) is 0 Å². The van der Waals surface area contributed by atoms with Gasteiger partial charge >= 0.3 is 0 Å². The molecule has 2 aliphatic rings. The average molecular weight is 632 g/mol. The van der Waals surface area contributed by atoms with Crippen LogP contribution in [0.25, 0.3) is 78.4 Å². The van der Waals surface area contributed by atoms with Gasteiger partial charge in [0.25, 0.3) is 0 Å². The lowest BCUT2D eigenvalue weighted by molar-refractivity contribution is 0.353. The highest BCUT2D eigenvalue weighted by Gasteiger charge is 2.44. The van der Waals surface area contributed by atoms with Crippen molar-refractivity contribution in [1.29, 1.82) is 0 Å². The molecule has 0 N–H and O–H groups in total. The van der Waals surface area contributed by atoms with E-state index in [9.17, 15) is 0 Å². The minimum Gasteiger partial charge on any atom is -0.455 e. The van der Waals surface area contributed by atoms with Crippen molar-refractivity contribution in [3.8, 4) is 56.4 Å². The maximum absolute atomic E-state index is 6.42. The van der Waals surface area contributed by atoms with Crippen LogP contribution in [0, 0.1) is 0 Å². The molecule has 1 fully saturated rings. The molecule has 0 bridgehead atoms. The van der Waals surface area contributed by atoms with Crippen LogP contribution in [0.2, 0.25) is 0 Å². The second-order valence-electron chi connectivity index (χ2n) is 13.5. The maximum atomic E-state index is 6.42. The van der Waals surface area contributed by atoms with Gasteiger partial charge in [-0.15, -0.1) is 0 Å². The van der Waals surface area contributed by atoms with Crippen LogP contribution in [-0.2, 0) is 5.41 Å². The Labute approximate surface area is 285 Å². The molecule has 0 saturated heterocycles. The average Bonchev–Trinajstić information content (AvgIpc) is 3.69. The summed E-state index contributed by atoms with van der Waals surface area (Å²) in [4.78, 5) is 15.3. The van der Waals surface area contributed by atoms with E-state index in [2.05, 4.69) is 84.9 Å². The largest absolute Gasteiger partial charge is 0.455 e. The summed E-state index contributed by atoms with van der Waals surface area (Å²) in [6.07, 6.45) is 6.31. The van der Waals surface area contributed by atoms with Crippen LogP contribution in [0.3, 0.4) is 0 Å². The van der Waals surface area contributed by atoms with E-state index >= 15 is 0 Å². The highest BCUT2D eigenvalue weighted by molar-refractivity contribution is 6.09. The van der Waals surface area contributed by atoms with Crippen molar-refractivity contribution in [3.05, 3.63) is 151 Å². The highest BCUT2D eigenvalue weighted by atomic mass is 16.3. The molecule has 2 heterocycles. The number of hydrogen-bond donors (Lipinski definition) is 0. The zero-order valence-corrected chi connectivity index (χ0v) is 27.1. The molecule has 1 saturated carbocycles. The van der Waals surface area contributed by atoms with Crippen LogP contribution >= 0.6 is 0 Å². The number of hydrogen-bond acceptors (Lipinski definition) is 4. The molecule has 4 heteroatoms. The summed E-state index contributed by atoms with van der Waals surface area (Å²) in [5.74, 6) is 1.86. The van der Waals surface area contributed by atoms with Gasteiger partial charge in [-0.25, -0.2) is 15.0 Å². The summed E-state index contributed by atoms with van der Waals surface area (Å²) in [7, 11) is 0. The Kier molecular flexibility index (Phi) is 6.38. The van der Waals surface area contributed by atoms with Gasteiger partial charge in [0.05, 0.1) is 5.56 Å². The minimum absolute atomic E-state index is 0.114. The molecule has 0 unspecified atom stereocenters. The molecule has 6 aromatic carbocycles. The van der Waals surface area contributed by atoms with Crippen molar-refractivity contribution in [2.45, 2.75) is 37.5 Å². The van der Waals surface area contributed by atoms with Crippen molar-refractivity contribution in [3.63, 3.8) is 0 Å². The van der Waals surface area contributed by atoms with Crippen LogP contribution in [-0.4, -0.2) is 15.0 Å². The SMILES string of the molecule is c1ccc(-c2nc(-c3cccc(-c4cccc5c4-c4ccccc4C54CCCCC4)c3)nc(-c3cccc4c3oc3ccccc34)n2)cc1. The Balaban J connectivity index is 1.15. The summed E-state index contributed by atoms with van der Waals surface area (Å²) in [6, 6.07) is 49.3. The number of fused-ring (bicyclic) bond motifs is 8. The Bertz CT molecular complexity index is 2540. The monoisotopic (exact) mass is 631 g/mol. The summed E-state index contributed by atoms with van der Waals surface area (Å²) in [5, 5.41) is 2.13. The molecule has 10 rings (SSSR count). The third kappa shape index (κ3) is 4.40. The highest BCUT2D eigenvalue weighted by Crippen LogP contribution is 2.57. The van der Waals surface area contributed by atoms with Crippen LogP contribution < -0.4 is 0 Å². The van der Waals surface area contributed by atoms with E-state index < -0.39 is 0 Å². The Morgan fingerprint density at radius 2 is 1.06 bits per heavy atom. The molecule has 2 aliphatic carbocycles. The number of benzene rings is 6. The van der Waals surface area contributed by atoms with E-state index in [1.54, 1.807) is 0 Å². The number of rotatable bonds is 4. The summed E-state index contributed by atoms with van der Waals surface area (Å²) >= 11 is 0. The Morgan fingerprint density at radius 3 is 1.96 bits per heavy atom. The molecule has 4 nitrogen and oxygen atoms in total. The molecule has 234 valence electrons. The van der Waals surface area contributed by atoms with E-state index in [-0.39, 0.29) is 5.41 Å². The van der Waals surface area contributed by atoms with E-state index in [0.717, 1.165) is 38.6 Å². The zero-order valence-electron chi connectivity index (χ0n) is 27.1. The molecule has 8 aromatic rings. The first-order valence-corrected chi connectivity index (χ1v) is 17.3. The van der Waals surface area contributed by atoms with Crippen LogP contribution in [0.1, 0.15) is 43.2 Å². The molecular weight excluding hydrogens is 599 g/mol. The summed E-state index contributed by atoms with van der Waals surface area (Å²) in [6.45, 7) is 0. The van der Waals surface area contributed by atoms with Gasteiger partial charge in [-0.1, -0.05) is 141 Å². The smallest absolute Gasteiger partial charge is 0.167 e. The summed E-state index contributed by atoms with van der Waals surface area (Å²) < 4.78 is 6.42. The Morgan fingerprint density at radius 1 is 0.449 bits per heavy atom. The molecular formula is C45H33N3O. The first-order chi connectivity index (χ1) is 24.3. The molecule has 0 amide bonds. The predicted octanol–water partition coefficient (Wildman–Crippen LogP) is 11.7. The number of nitrogens with zero attached hydrogens (tertiary/aromatic N) is 3. The molecule has 2 aromatic heterocycles. The second-order valence-corrected chi connectivity index (χ2v) is 13.5. The van der Waals surface area contributed by atoms with Gasteiger partial charge < -0.3 is 4.42 Å². The zero-order chi connectivity index (χ0) is 32.4. The first kappa shape index (κ1) is 28.2. The molecule has 0 atom stereocenters. The van der Waals surface area contributed by atoms with E-state index in [0.29, 0.717) is 17.5 Å². The van der Waals surface area contributed by atoms with Gasteiger partial charge in [0.1, 0.15) is 11.2 Å². The topological polar surface area (TPSA) is 51.8 Å². The van der Waals surface area contributed by atoms with E-state index in [1.165, 1.54) is 65.5 Å². The maximum Gasteiger partial charge on any atom is 0.167 e. The van der Waals surface area contributed by atoms with Gasteiger partial charge in [0.2, 0.25) is 0 Å². The molecule has 0 radical (unpaired) electrons. The van der Waals surface area contributed by atoms with Crippen LogP contribution in [0.4, 0.5) is 0 Å². The quantitative estimate of drug-likeness (QED) is 0.194. The van der Waals surface area contributed by atoms with E-state index in [4.69, 9.17) is 19.4 Å². The second kappa shape index (κ2) is 11.1. The Hall–Kier alpha value is -5.87. The van der Waals surface area contributed by atoms with Gasteiger partial charge in [0, 0.05) is 27.3 Å². The fourth-order valence-electron chi connectivity index (χ4n) is 8.53.